The van der Waals surface area contributed by atoms with E-state index in [-0.39, 0.29) is 6.04 Å². The van der Waals surface area contributed by atoms with E-state index in [1.165, 1.54) is 4.31 Å². The van der Waals surface area contributed by atoms with Crippen LogP contribution in [-0.2, 0) is 10.2 Å². The lowest BCUT2D eigenvalue weighted by Gasteiger charge is -2.30. The van der Waals surface area contributed by atoms with Crippen molar-refractivity contribution in [2.45, 2.75) is 32.7 Å². The number of benzene rings is 1. The first-order valence-corrected chi connectivity index (χ1v) is 8.85. The van der Waals surface area contributed by atoms with Gasteiger partial charge < -0.3 is 4.74 Å². The Morgan fingerprint density at radius 2 is 1.86 bits per heavy atom. The van der Waals surface area contributed by atoms with Crippen molar-refractivity contribution in [2.75, 3.05) is 26.7 Å². The van der Waals surface area contributed by atoms with Crippen LogP contribution in [0.15, 0.2) is 24.3 Å². The summed E-state index contributed by atoms with van der Waals surface area (Å²) in [6, 6.07) is 7.62. The van der Waals surface area contributed by atoms with Crippen molar-refractivity contribution in [3.8, 4) is 5.75 Å². The molecule has 0 saturated carbocycles. The fraction of sp³-hybridized carbons (Fsp3) is 0.600. The fourth-order valence-electron chi connectivity index (χ4n) is 2.87. The third-order valence-electron chi connectivity index (χ3n) is 4.03. The van der Waals surface area contributed by atoms with Crippen LogP contribution in [0.3, 0.4) is 0 Å². The molecule has 1 aliphatic heterocycles. The first kappa shape index (κ1) is 16.3. The Kier molecular flexibility index (Phi) is 5.24. The molecule has 1 aromatic rings. The molecule has 0 aliphatic carbocycles. The molecule has 0 N–H and O–H groups in total. The highest BCUT2D eigenvalue weighted by Gasteiger charge is 2.37. The van der Waals surface area contributed by atoms with Crippen LogP contribution in [0.25, 0.3) is 0 Å². The van der Waals surface area contributed by atoms with Crippen LogP contribution in [0.4, 0.5) is 0 Å². The van der Waals surface area contributed by atoms with Crippen LogP contribution >= 0.6 is 0 Å². The minimum atomic E-state index is -3.38. The largest absolute Gasteiger partial charge is 0.497 e. The van der Waals surface area contributed by atoms with Gasteiger partial charge in [-0.2, -0.15) is 17.0 Å². The van der Waals surface area contributed by atoms with Crippen LogP contribution < -0.4 is 4.74 Å². The zero-order valence-corrected chi connectivity index (χ0v) is 13.8. The van der Waals surface area contributed by atoms with Gasteiger partial charge in [0.25, 0.3) is 10.2 Å². The standard InChI is InChI=1S/C15H24N2O3S/c1-4-16(5-2)21(18,19)17-12-6-7-15(17)13-8-10-14(20-3)11-9-13/h8-11,15H,4-7,12H2,1-3H3. The SMILES string of the molecule is CCN(CC)S(=O)(=O)N1CCCC1c1ccc(OC)cc1. The van der Waals surface area contributed by atoms with Gasteiger partial charge in [-0.15, -0.1) is 0 Å². The van der Waals surface area contributed by atoms with Crippen LogP contribution in [0.5, 0.6) is 5.75 Å². The average Bonchev–Trinajstić information content (AvgIpc) is 2.98. The summed E-state index contributed by atoms with van der Waals surface area (Å²) in [5.41, 5.74) is 1.03. The van der Waals surface area contributed by atoms with Crippen molar-refractivity contribution in [1.82, 2.24) is 8.61 Å². The summed E-state index contributed by atoms with van der Waals surface area (Å²) in [6.45, 7) is 5.35. The van der Waals surface area contributed by atoms with E-state index in [9.17, 15) is 8.42 Å². The van der Waals surface area contributed by atoms with Gasteiger partial charge in [-0.3, -0.25) is 0 Å². The van der Waals surface area contributed by atoms with E-state index in [1.54, 1.807) is 11.4 Å². The van der Waals surface area contributed by atoms with E-state index in [0.717, 1.165) is 24.2 Å². The Balaban J connectivity index is 2.27. The monoisotopic (exact) mass is 312 g/mol. The zero-order valence-electron chi connectivity index (χ0n) is 12.9. The fourth-order valence-corrected chi connectivity index (χ4v) is 4.73. The second-order valence-electron chi connectivity index (χ2n) is 5.13. The molecule has 1 aromatic carbocycles. The summed E-state index contributed by atoms with van der Waals surface area (Å²) < 4.78 is 33.8. The van der Waals surface area contributed by atoms with Gasteiger partial charge in [-0.1, -0.05) is 26.0 Å². The first-order valence-electron chi connectivity index (χ1n) is 7.45. The van der Waals surface area contributed by atoms with Gasteiger partial charge in [0.2, 0.25) is 0 Å². The highest BCUT2D eigenvalue weighted by Crippen LogP contribution is 2.35. The predicted molar refractivity (Wildman–Crippen MR) is 83.5 cm³/mol. The molecule has 1 heterocycles. The summed E-state index contributed by atoms with van der Waals surface area (Å²) >= 11 is 0. The molecule has 118 valence electrons. The van der Waals surface area contributed by atoms with Crippen LogP contribution in [-0.4, -0.2) is 43.8 Å². The van der Waals surface area contributed by atoms with Crippen molar-refractivity contribution in [3.63, 3.8) is 0 Å². The quantitative estimate of drug-likeness (QED) is 0.810. The Hall–Kier alpha value is -1.11. The first-order chi connectivity index (χ1) is 10.0. The predicted octanol–water partition coefficient (Wildman–Crippen LogP) is 2.42. The molecule has 5 nitrogen and oxygen atoms in total. The molecular formula is C15H24N2O3S. The summed E-state index contributed by atoms with van der Waals surface area (Å²) in [5, 5.41) is 0. The molecule has 1 unspecified atom stereocenters. The Morgan fingerprint density at radius 1 is 1.24 bits per heavy atom. The maximum absolute atomic E-state index is 12.7. The van der Waals surface area contributed by atoms with Crippen molar-refractivity contribution in [2.24, 2.45) is 0 Å². The lowest BCUT2D eigenvalue weighted by Crippen LogP contribution is -2.43. The van der Waals surface area contributed by atoms with Crippen molar-refractivity contribution in [1.29, 1.82) is 0 Å². The number of hydrogen-bond donors (Lipinski definition) is 0. The molecule has 1 atom stereocenters. The highest BCUT2D eigenvalue weighted by atomic mass is 32.2. The maximum Gasteiger partial charge on any atom is 0.282 e. The molecule has 0 aromatic heterocycles. The van der Waals surface area contributed by atoms with E-state index in [2.05, 4.69) is 0 Å². The minimum Gasteiger partial charge on any atom is -0.497 e. The molecule has 1 fully saturated rings. The molecule has 0 radical (unpaired) electrons. The van der Waals surface area contributed by atoms with Gasteiger partial charge in [0, 0.05) is 19.6 Å². The average molecular weight is 312 g/mol. The van der Waals surface area contributed by atoms with Gasteiger partial charge >= 0.3 is 0 Å². The zero-order chi connectivity index (χ0) is 15.5. The molecular weight excluding hydrogens is 288 g/mol. The number of rotatable bonds is 6. The van der Waals surface area contributed by atoms with Gasteiger partial charge in [0.05, 0.1) is 13.2 Å². The van der Waals surface area contributed by atoms with Crippen molar-refractivity contribution < 1.29 is 13.2 Å². The highest BCUT2D eigenvalue weighted by molar-refractivity contribution is 7.86. The number of methoxy groups -OCH3 is 1. The topological polar surface area (TPSA) is 49.9 Å². The van der Waals surface area contributed by atoms with Gasteiger partial charge in [-0.05, 0) is 30.5 Å². The molecule has 6 heteroatoms. The van der Waals surface area contributed by atoms with Gasteiger partial charge in [0.1, 0.15) is 5.75 Å². The maximum atomic E-state index is 12.7. The smallest absolute Gasteiger partial charge is 0.282 e. The second kappa shape index (κ2) is 6.77. The molecule has 0 bridgehead atoms. The molecule has 0 amide bonds. The van der Waals surface area contributed by atoms with E-state index in [0.29, 0.717) is 19.6 Å². The van der Waals surface area contributed by atoms with Crippen LogP contribution in [0.2, 0.25) is 0 Å². The van der Waals surface area contributed by atoms with Crippen LogP contribution in [0.1, 0.15) is 38.3 Å². The summed E-state index contributed by atoms with van der Waals surface area (Å²) in [6.07, 6.45) is 1.77. The molecule has 2 rings (SSSR count). The third-order valence-corrected chi connectivity index (χ3v) is 6.23. The van der Waals surface area contributed by atoms with Crippen molar-refractivity contribution >= 4 is 10.2 Å². The molecule has 1 aliphatic rings. The van der Waals surface area contributed by atoms with E-state index in [1.807, 2.05) is 38.1 Å². The number of hydrogen-bond acceptors (Lipinski definition) is 3. The molecule has 0 spiro atoms. The summed E-state index contributed by atoms with van der Waals surface area (Å²) in [7, 11) is -1.75. The molecule has 1 saturated heterocycles. The lowest BCUT2D eigenvalue weighted by molar-refractivity contribution is 0.338. The number of nitrogens with zero attached hydrogens (tertiary/aromatic N) is 2. The lowest BCUT2D eigenvalue weighted by atomic mass is 10.1. The van der Waals surface area contributed by atoms with Gasteiger partial charge in [-0.25, -0.2) is 0 Å². The van der Waals surface area contributed by atoms with E-state index in [4.69, 9.17) is 4.74 Å². The van der Waals surface area contributed by atoms with Crippen LogP contribution in [0, 0.1) is 0 Å². The Labute approximate surface area is 127 Å². The molecule has 21 heavy (non-hydrogen) atoms. The van der Waals surface area contributed by atoms with E-state index < -0.39 is 10.2 Å². The minimum absolute atomic E-state index is 0.0680. The van der Waals surface area contributed by atoms with Gasteiger partial charge in [0.15, 0.2) is 0 Å². The normalized spacial score (nSPS) is 20.1. The Bertz CT molecular complexity index is 553. The Morgan fingerprint density at radius 3 is 2.38 bits per heavy atom. The second-order valence-corrected chi connectivity index (χ2v) is 7.02. The van der Waals surface area contributed by atoms with E-state index >= 15 is 0 Å². The summed E-state index contributed by atoms with van der Waals surface area (Å²) in [5.74, 6) is 0.787. The van der Waals surface area contributed by atoms with Crippen molar-refractivity contribution in [3.05, 3.63) is 29.8 Å². The summed E-state index contributed by atoms with van der Waals surface area (Å²) in [4.78, 5) is 0. The third kappa shape index (κ3) is 3.22. The number of ether oxygens (including phenoxy) is 1.